The van der Waals surface area contributed by atoms with Crippen LogP contribution in [-0.2, 0) is 21.2 Å². The van der Waals surface area contributed by atoms with Gasteiger partial charge in [-0.2, -0.15) is 4.31 Å². The maximum atomic E-state index is 13.2. The summed E-state index contributed by atoms with van der Waals surface area (Å²) in [5.41, 5.74) is 1.33. The third-order valence-electron chi connectivity index (χ3n) is 4.19. The first-order valence-corrected chi connectivity index (χ1v) is 10.4. The molecule has 0 fully saturated rings. The first-order chi connectivity index (χ1) is 13.5. The Kier molecular flexibility index (Phi) is 6.11. The van der Waals surface area contributed by atoms with Gasteiger partial charge in [0.15, 0.2) is 6.61 Å². The van der Waals surface area contributed by atoms with E-state index in [4.69, 9.17) is 4.74 Å². The summed E-state index contributed by atoms with van der Waals surface area (Å²) in [5.74, 6) is -0.175. The topological polar surface area (TPSA) is 63.7 Å². The molecule has 0 saturated heterocycles. The number of nitrogens with zero attached hydrogens (tertiary/aromatic N) is 1. The van der Waals surface area contributed by atoms with Crippen LogP contribution in [0.2, 0.25) is 0 Å². The highest BCUT2D eigenvalue weighted by Gasteiger charge is 2.31. The number of hydrogen-bond acceptors (Lipinski definition) is 4. The molecular weight excluding hydrogens is 374 g/mol. The molecule has 0 saturated carbocycles. The minimum Gasteiger partial charge on any atom is -0.484 e. The second kappa shape index (κ2) is 8.71. The van der Waals surface area contributed by atoms with Crippen molar-refractivity contribution >= 4 is 21.6 Å². The number of benzene rings is 3. The SMILES string of the molecule is CCc1ccc(N(C(=O)COc2ccccc2)S(=O)(=O)c2ccccc2)cc1. The number of amides is 1. The molecule has 0 aromatic heterocycles. The Balaban J connectivity index is 1.95. The molecule has 0 spiro atoms. The van der Waals surface area contributed by atoms with Crippen molar-refractivity contribution < 1.29 is 17.9 Å². The van der Waals surface area contributed by atoms with Gasteiger partial charge in [-0.15, -0.1) is 0 Å². The van der Waals surface area contributed by atoms with Crippen molar-refractivity contribution in [3.8, 4) is 5.75 Å². The molecule has 0 aliphatic heterocycles. The highest BCUT2D eigenvalue weighted by Crippen LogP contribution is 2.25. The predicted octanol–water partition coefficient (Wildman–Crippen LogP) is 4.05. The molecule has 0 aliphatic rings. The van der Waals surface area contributed by atoms with E-state index in [1.54, 1.807) is 54.6 Å². The summed E-state index contributed by atoms with van der Waals surface area (Å²) in [6.07, 6.45) is 0.816. The Morgan fingerprint density at radius 2 is 1.43 bits per heavy atom. The zero-order chi connectivity index (χ0) is 20.0. The fourth-order valence-corrected chi connectivity index (χ4v) is 4.13. The van der Waals surface area contributed by atoms with E-state index in [0.29, 0.717) is 5.75 Å². The number of sulfonamides is 1. The average Bonchev–Trinajstić information content (AvgIpc) is 2.74. The number of aryl methyl sites for hydroxylation is 1. The lowest BCUT2D eigenvalue weighted by atomic mass is 10.1. The van der Waals surface area contributed by atoms with Gasteiger partial charge in [0, 0.05) is 0 Å². The van der Waals surface area contributed by atoms with Crippen molar-refractivity contribution in [3.05, 3.63) is 90.5 Å². The minimum atomic E-state index is -4.07. The van der Waals surface area contributed by atoms with Gasteiger partial charge in [-0.25, -0.2) is 8.42 Å². The van der Waals surface area contributed by atoms with Gasteiger partial charge in [-0.05, 0) is 48.4 Å². The van der Waals surface area contributed by atoms with Crippen LogP contribution in [0.3, 0.4) is 0 Å². The van der Waals surface area contributed by atoms with Crippen LogP contribution >= 0.6 is 0 Å². The van der Waals surface area contributed by atoms with E-state index < -0.39 is 22.5 Å². The van der Waals surface area contributed by atoms with E-state index in [1.165, 1.54) is 12.1 Å². The molecule has 0 radical (unpaired) electrons. The van der Waals surface area contributed by atoms with Gasteiger partial charge < -0.3 is 4.74 Å². The number of rotatable bonds is 7. The summed E-state index contributed by atoms with van der Waals surface area (Å²) < 4.78 is 32.7. The number of hydrogen-bond donors (Lipinski definition) is 0. The molecule has 144 valence electrons. The van der Waals surface area contributed by atoms with Crippen LogP contribution in [0.15, 0.2) is 89.8 Å². The predicted molar refractivity (Wildman–Crippen MR) is 109 cm³/mol. The van der Waals surface area contributed by atoms with Gasteiger partial charge in [0.1, 0.15) is 5.75 Å². The molecule has 3 rings (SSSR count). The summed E-state index contributed by atoms with van der Waals surface area (Å²) in [5, 5.41) is 0. The van der Waals surface area contributed by atoms with Crippen LogP contribution in [0.4, 0.5) is 5.69 Å². The first kappa shape index (κ1) is 19.6. The second-order valence-corrected chi connectivity index (χ2v) is 7.88. The lowest BCUT2D eigenvalue weighted by Crippen LogP contribution is -2.40. The molecule has 3 aromatic carbocycles. The number of anilines is 1. The van der Waals surface area contributed by atoms with Crippen LogP contribution in [0, 0.1) is 0 Å². The smallest absolute Gasteiger partial charge is 0.278 e. The van der Waals surface area contributed by atoms with E-state index in [9.17, 15) is 13.2 Å². The monoisotopic (exact) mass is 395 g/mol. The number of carbonyl (C=O) groups excluding carboxylic acids is 1. The van der Waals surface area contributed by atoms with Crippen molar-refractivity contribution in [2.24, 2.45) is 0 Å². The van der Waals surface area contributed by atoms with Crippen molar-refractivity contribution in [2.45, 2.75) is 18.2 Å². The Morgan fingerprint density at radius 3 is 2.00 bits per heavy atom. The Labute approximate surface area is 165 Å². The van der Waals surface area contributed by atoms with Crippen molar-refractivity contribution in [1.29, 1.82) is 0 Å². The summed E-state index contributed by atoms with van der Waals surface area (Å²) in [4.78, 5) is 13.0. The van der Waals surface area contributed by atoms with Gasteiger partial charge in [0.05, 0.1) is 10.6 Å². The normalized spacial score (nSPS) is 11.0. The highest BCUT2D eigenvalue weighted by atomic mass is 32.2. The van der Waals surface area contributed by atoms with E-state index in [-0.39, 0.29) is 10.6 Å². The summed E-state index contributed by atoms with van der Waals surface area (Å²) in [6.45, 7) is 1.61. The quantitative estimate of drug-likeness (QED) is 0.605. The standard InChI is InChI=1S/C22H21NO4S/c1-2-18-13-15-19(16-14-18)23(28(25,26)21-11-7-4-8-12-21)22(24)17-27-20-9-5-3-6-10-20/h3-16H,2,17H2,1H3. The van der Waals surface area contributed by atoms with Gasteiger partial charge in [-0.3, -0.25) is 4.79 Å². The van der Waals surface area contributed by atoms with Gasteiger partial charge in [0.25, 0.3) is 15.9 Å². The highest BCUT2D eigenvalue weighted by molar-refractivity contribution is 7.93. The van der Waals surface area contributed by atoms with Crippen molar-refractivity contribution in [1.82, 2.24) is 0 Å². The maximum Gasteiger partial charge on any atom is 0.278 e. The second-order valence-electron chi connectivity index (χ2n) is 6.10. The Bertz CT molecular complexity index is 1020. The Morgan fingerprint density at radius 1 is 0.857 bits per heavy atom. The maximum absolute atomic E-state index is 13.2. The van der Waals surface area contributed by atoms with Crippen LogP contribution in [0.1, 0.15) is 12.5 Å². The number of ether oxygens (including phenoxy) is 1. The molecule has 0 bridgehead atoms. The van der Waals surface area contributed by atoms with Gasteiger partial charge in [-0.1, -0.05) is 55.5 Å². The first-order valence-electron chi connectivity index (χ1n) is 8.92. The largest absolute Gasteiger partial charge is 0.484 e. The van der Waals surface area contributed by atoms with E-state index in [0.717, 1.165) is 16.3 Å². The van der Waals surface area contributed by atoms with E-state index in [2.05, 4.69) is 0 Å². The number of carbonyl (C=O) groups is 1. The summed E-state index contributed by atoms with van der Waals surface area (Å²) >= 11 is 0. The summed E-state index contributed by atoms with van der Waals surface area (Å²) in [7, 11) is -4.07. The molecule has 5 nitrogen and oxygen atoms in total. The van der Waals surface area contributed by atoms with Crippen LogP contribution in [0.25, 0.3) is 0 Å². The summed E-state index contributed by atoms with van der Waals surface area (Å²) in [6, 6.07) is 23.6. The number of para-hydroxylation sites is 1. The molecule has 0 atom stereocenters. The molecular formula is C22H21NO4S. The van der Waals surface area contributed by atoms with Crippen LogP contribution < -0.4 is 9.04 Å². The Hall–Kier alpha value is -3.12. The fourth-order valence-electron chi connectivity index (χ4n) is 2.70. The van der Waals surface area contributed by atoms with Crippen LogP contribution in [-0.4, -0.2) is 20.9 Å². The van der Waals surface area contributed by atoms with Crippen molar-refractivity contribution in [3.63, 3.8) is 0 Å². The lowest BCUT2D eigenvalue weighted by molar-refractivity contribution is -0.119. The molecule has 3 aromatic rings. The molecule has 0 heterocycles. The van der Waals surface area contributed by atoms with E-state index in [1.807, 2.05) is 25.1 Å². The van der Waals surface area contributed by atoms with E-state index >= 15 is 0 Å². The molecule has 1 amide bonds. The van der Waals surface area contributed by atoms with Crippen molar-refractivity contribution in [2.75, 3.05) is 10.9 Å². The van der Waals surface area contributed by atoms with Crippen LogP contribution in [0.5, 0.6) is 5.75 Å². The zero-order valence-electron chi connectivity index (χ0n) is 15.5. The minimum absolute atomic E-state index is 0.0441. The molecule has 0 unspecified atom stereocenters. The fraction of sp³-hybridized carbons (Fsp3) is 0.136. The van der Waals surface area contributed by atoms with Gasteiger partial charge in [0.2, 0.25) is 0 Å². The third kappa shape index (κ3) is 4.40. The average molecular weight is 395 g/mol. The third-order valence-corrected chi connectivity index (χ3v) is 5.96. The zero-order valence-corrected chi connectivity index (χ0v) is 16.3. The molecule has 0 aliphatic carbocycles. The molecule has 0 N–H and O–H groups in total. The molecule has 6 heteroatoms. The van der Waals surface area contributed by atoms with Gasteiger partial charge >= 0.3 is 0 Å². The lowest BCUT2D eigenvalue weighted by Gasteiger charge is -2.23. The molecule has 28 heavy (non-hydrogen) atoms.